The summed E-state index contributed by atoms with van der Waals surface area (Å²) in [6.45, 7) is 3.60. The lowest BCUT2D eigenvalue weighted by Gasteiger charge is -2.05. The van der Waals surface area contributed by atoms with E-state index in [1.807, 2.05) is 30.3 Å². The van der Waals surface area contributed by atoms with Gasteiger partial charge in [0.2, 0.25) is 0 Å². The van der Waals surface area contributed by atoms with Crippen molar-refractivity contribution in [2.75, 3.05) is 6.54 Å². The number of carbonyl (C=O) groups excluding carboxylic acids is 1. The Morgan fingerprint density at radius 3 is 2.83 bits per heavy atom. The topological polar surface area (TPSA) is 69.0 Å². The summed E-state index contributed by atoms with van der Waals surface area (Å²) in [6, 6.07) is 10.0. The van der Waals surface area contributed by atoms with Gasteiger partial charge >= 0.3 is 6.09 Å². The van der Waals surface area contributed by atoms with Crippen LogP contribution in [0.5, 0.6) is 0 Å². The zero-order valence-electron chi connectivity index (χ0n) is 13.6. The first-order chi connectivity index (χ1) is 11.3. The third-order valence-electron chi connectivity index (χ3n) is 3.42. The van der Waals surface area contributed by atoms with Crippen molar-refractivity contribution in [2.45, 2.75) is 45.8 Å². The van der Waals surface area contributed by atoms with Crippen LogP contribution in [0.1, 0.15) is 43.9 Å². The van der Waals surface area contributed by atoms with Crippen LogP contribution in [0, 0.1) is 0 Å². The quantitative estimate of drug-likeness (QED) is 0.722. The third-order valence-corrected chi connectivity index (χ3v) is 3.42. The molecule has 0 unspecified atom stereocenters. The molecule has 0 bridgehead atoms. The Bertz CT molecular complexity index is 583. The molecule has 0 radical (unpaired) electrons. The molecule has 23 heavy (non-hydrogen) atoms. The van der Waals surface area contributed by atoms with E-state index < -0.39 is 6.09 Å². The van der Waals surface area contributed by atoms with E-state index in [1.165, 1.54) is 12.8 Å². The average Bonchev–Trinajstić information content (AvgIpc) is 3.01. The van der Waals surface area contributed by atoms with E-state index >= 15 is 0 Å². The van der Waals surface area contributed by atoms with Crippen LogP contribution in [0.25, 0.3) is 0 Å². The number of amides is 1. The molecule has 0 aliphatic carbocycles. The fourth-order valence-electron chi connectivity index (χ4n) is 2.19. The Hall–Kier alpha value is -2.37. The summed E-state index contributed by atoms with van der Waals surface area (Å²) in [5.41, 5.74) is 1.79. The molecule has 2 aromatic rings. The molecule has 0 fully saturated rings. The Morgan fingerprint density at radius 2 is 2.04 bits per heavy atom. The van der Waals surface area contributed by atoms with Gasteiger partial charge in [-0.1, -0.05) is 61.7 Å². The lowest BCUT2D eigenvalue weighted by atomic mass is 10.2. The largest absolute Gasteiger partial charge is 0.443 e. The third kappa shape index (κ3) is 6.50. The van der Waals surface area contributed by atoms with E-state index in [2.05, 4.69) is 22.6 Å². The molecule has 0 spiro atoms. The summed E-state index contributed by atoms with van der Waals surface area (Å²) in [4.78, 5) is 11.6. The molecule has 0 saturated carbocycles. The van der Waals surface area contributed by atoms with Crippen molar-refractivity contribution in [3.05, 3.63) is 47.8 Å². The highest BCUT2D eigenvalue weighted by atomic mass is 16.5. The number of nitrogens with zero attached hydrogens (tertiary/aromatic N) is 3. The fraction of sp³-hybridized carbons (Fsp3) is 0.471. The lowest BCUT2D eigenvalue weighted by molar-refractivity contribution is 0.138. The normalized spacial score (nSPS) is 10.5. The molecule has 2 rings (SSSR count). The number of ether oxygens (including phenoxy) is 1. The van der Waals surface area contributed by atoms with Gasteiger partial charge in [-0.3, -0.25) is 0 Å². The van der Waals surface area contributed by atoms with Crippen molar-refractivity contribution in [2.24, 2.45) is 0 Å². The van der Waals surface area contributed by atoms with Gasteiger partial charge < -0.3 is 10.1 Å². The summed E-state index contributed by atoms with van der Waals surface area (Å²) in [5, 5.41) is 10.8. The number of hydrogen-bond acceptors (Lipinski definition) is 4. The standard InChI is InChI=1S/C17H24N4O2/c1-2-3-4-8-11-18-17(22)23-14-16-13-21(20-19-16)12-15-9-6-5-7-10-15/h5-7,9-10,13H,2-4,8,11-12,14H2,1H3,(H,18,22). The minimum atomic E-state index is -0.404. The van der Waals surface area contributed by atoms with Crippen molar-refractivity contribution >= 4 is 6.09 Å². The summed E-state index contributed by atoms with van der Waals surface area (Å²) in [7, 11) is 0. The molecule has 1 N–H and O–H groups in total. The van der Waals surface area contributed by atoms with Crippen molar-refractivity contribution in [1.29, 1.82) is 0 Å². The fourth-order valence-corrected chi connectivity index (χ4v) is 2.19. The van der Waals surface area contributed by atoms with Gasteiger partial charge in [-0.05, 0) is 12.0 Å². The van der Waals surface area contributed by atoms with E-state index in [0.717, 1.165) is 18.4 Å². The van der Waals surface area contributed by atoms with Crippen molar-refractivity contribution in [1.82, 2.24) is 20.3 Å². The number of benzene rings is 1. The minimum Gasteiger partial charge on any atom is -0.443 e. The van der Waals surface area contributed by atoms with Gasteiger partial charge in [-0.15, -0.1) is 5.10 Å². The van der Waals surface area contributed by atoms with Gasteiger partial charge in [-0.25, -0.2) is 9.48 Å². The molecule has 1 amide bonds. The molecule has 6 heteroatoms. The first kappa shape index (κ1) is 17.0. The molecule has 0 atom stereocenters. The van der Waals surface area contributed by atoms with Crippen LogP contribution < -0.4 is 5.32 Å². The highest BCUT2D eigenvalue weighted by molar-refractivity contribution is 5.66. The van der Waals surface area contributed by atoms with Gasteiger partial charge in [0.25, 0.3) is 0 Å². The van der Waals surface area contributed by atoms with E-state index in [4.69, 9.17) is 4.74 Å². The summed E-state index contributed by atoms with van der Waals surface area (Å²) in [5.74, 6) is 0. The van der Waals surface area contributed by atoms with E-state index in [-0.39, 0.29) is 6.61 Å². The van der Waals surface area contributed by atoms with Gasteiger partial charge in [0.15, 0.2) is 0 Å². The zero-order chi connectivity index (χ0) is 16.3. The van der Waals surface area contributed by atoms with E-state index in [9.17, 15) is 4.79 Å². The predicted octanol–water partition coefficient (Wildman–Crippen LogP) is 3.13. The Kier molecular flexibility index (Phi) is 7.10. The van der Waals surface area contributed by atoms with Crippen molar-refractivity contribution < 1.29 is 9.53 Å². The van der Waals surface area contributed by atoms with Crippen molar-refractivity contribution in [3.8, 4) is 0 Å². The molecule has 1 aromatic heterocycles. The van der Waals surface area contributed by atoms with Crippen LogP contribution in [-0.4, -0.2) is 27.6 Å². The van der Waals surface area contributed by atoms with Crippen LogP contribution in [-0.2, 0) is 17.9 Å². The lowest BCUT2D eigenvalue weighted by Crippen LogP contribution is -2.25. The van der Waals surface area contributed by atoms with Crippen LogP contribution in [0.15, 0.2) is 36.5 Å². The molecule has 0 aliphatic rings. The summed E-state index contributed by atoms with van der Waals surface area (Å²) >= 11 is 0. The first-order valence-electron chi connectivity index (χ1n) is 8.11. The molecular formula is C17H24N4O2. The number of carbonyl (C=O) groups is 1. The van der Waals surface area contributed by atoms with Gasteiger partial charge in [0.1, 0.15) is 12.3 Å². The average molecular weight is 316 g/mol. The molecule has 1 aromatic carbocycles. The zero-order valence-corrected chi connectivity index (χ0v) is 13.6. The van der Waals surface area contributed by atoms with Crippen LogP contribution in [0.3, 0.4) is 0 Å². The minimum absolute atomic E-state index is 0.135. The maximum atomic E-state index is 11.6. The number of alkyl carbamates (subject to hydrolysis) is 1. The number of aromatic nitrogens is 3. The Labute approximate surface area is 136 Å². The Balaban J connectivity index is 1.67. The van der Waals surface area contributed by atoms with Crippen LogP contribution in [0.4, 0.5) is 4.79 Å². The second-order valence-corrected chi connectivity index (χ2v) is 5.46. The summed E-state index contributed by atoms with van der Waals surface area (Å²) < 4.78 is 6.87. The smallest absolute Gasteiger partial charge is 0.407 e. The highest BCUT2D eigenvalue weighted by Crippen LogP contribution is 2.03. The number of nitrogens with one attached hydrogen (secondary N) is 1. The van der Waals surface area contributed by atoms with Crippen LogP contribution >= 0.6 is 0 Å². The predicted molar refractivity (Wildman–Crippen MR) is 87.9 cm³/mol. The van der Waals surface area contributed by atoms with E-state index in [1.54, 1.807) is 10.9 Å². The number of rotatable bonds is 9. The molecule has 124 valence electrons. The monoisotopic (exact) mass is 316 g/mol. The SMILES string of the molecule is CCCCCCNC(=O)OCc1cn(Cc2ccccc2)nn1. The maximum absolute atomic E-state index is 11.6. The molecule has 6 nitrogen and oxygen atoms in total. The molecule has 1 heterocycles. The molecule has 0 saturated heterocycles. The number of hydrogen-bond donors (Lipinski definition) is 1. The first-order valence-corrected chi connectivity index (χ1v) is 8.11. The maximum Gasteiger partial charge on any atom is 0.407 e. The Morgan fingerprint density at radius 1 is 1.22 bits per heavy atom. The van der Waals surface area contributed by atoms with E-state index in [0.29, 0.717) is 18.8 Å². The highest BCUT2D eigenvalue weighted by Gasteiger charge is 2.06. The molecule has 0 aliphatic heterocycles. The van der Waals surface area contributed by atoms with Gasteiger partial charge in [0.05, 0.1) is 12.7 Å². The van der Waals surface area contributed by atoms with Gasteiger partial charge in [0, 0.05) is 6.54 Å². The van der Waals surface area contributed by atoms with Gasteiger partial charge in [-0.2, -0.15) is 0 Å². The second kappa shape index (κ2) is 9.61. The van der Waals surface area contributed by atoms with Crippen LogP contribution in [0.2, 0.25) is 0 Å². The number of unbranched alkanes of at least 4 members (excludes halogenated alkanes) is 3. The second-order valence-electron chi connectivity index (χ2n) is 5.46. The van der Waals surface area contributed by atoms with Crippen molar-refractivity contribution in [3.63, 3.8) is 0 Å². The molecular weight excluding hydrogens is 292 g/mol. The summed E-state index contributed by atoms with van der Waals surface area (Å²) in [6.07, 6.45) is 5.88.